The average Bonchev–Trinajstić information content (AvgIpc) is 3.01. The summed E-state index contributed by atoms with van der Waals surface area (Å²) in [6, 6.07) is 8.83. The van der Waals surface area contributed by atoms with Crippen molar-refractivity contribution in [3.8, 4) is 0 Å². The first-order valence-electron chi connectivity index (χ1n) is 6.40. The van der Waals surface area contributed by atoms with Crippen LogP contribution in [-0.4, -0.2) is 29.5 Å². The molecular formula is C14H19N3. The van der Waals surface area contributed by atoms with Gasteiger partial charge in [0.2, 0.25) is 0 Å². The molecule has 0 radical (unpaired) electrons. The number of rotatable bonds is 3. The molecular weight excluding hydrogens is 210 g/mol. The molecule has 2 heterocycles. The molecule has 17 heavy (non-hydrogen) atoms. The third kappa shape index (κ3) is 1.85. The summed E-state index contributed by atoms with van der Waals surface area (Å²) in [5.74, 6) is 0. The van der Waals surface area contributed by atoms with Crippen molar-refractivity contribution in [2.75, 3.05) is 19.6 Å². The summed E-state index contributed by atoms with van der Waals surface area (Å²) in [5.41, 5.74) is 8.54. The third-order valence-corrected chi connectivity index (χ3v) is 3.78. The third-order valence-electron chi connectivity index (χ3n) is 3.78. The van der Waals surface area contributed by atoms with Crippen LogP contribution in [0.2, 0.25) is 0 Å². The number of aromatic amines is 1. The van der Waals surface area contributed by atoms with Crippen molar-refractivity contribution in [3.05, 3.63) is 36.0 Å². The number of H-pyrrole nitrogens is 1. The molecule has 2 aromatic rings. The molecule has 3 nitrogen and oxygen atoms in total. The monoisotopic (exact) mass is 229 g/mol. The van der Waals surface area contributed by atoms with Crippen molar-refractivity contribution in [2.24, 2.45) is 5.73 Å². The van der Waals surface area contributed by atoms with Crippen molar-refractivity contribution >= 4 is 10.9 Å². The second-order valence-corrected chi connectivity index (χ2v) is 4.78. The van der Waals surface area contributed by atoms with Crippen LogP contribution in [0.15, 0.2) is 30.5 Å². The zero-order valence-electron chi connectivity index (χ0n) is 10.0. The van der Waals surface area contributed by atoms with Gasteiger partial charge in [0, 0.05) is 29.7 Å². The van der Waals surface area contributed by atoms with Crippen molar-refractivity contribution in [1.29, 1.82) is 0 Å². The van der Waals surface area contributed by atoms with Gasteiger partial charge in [-0.25, -0.2) is 0 Å². The predicted octanol–water partition coefficient (Wildman–Crippen LogP) is 2.26. The van der Waals surface area contributed by atoms with Gasteiger partial charge in [0.05, 0.1) is 0 Å². The Morgan fingerprint density at radius 2 is 2.00 bits per heavy atom. The Morgan fingerprint density at radius 3 is 2.76 bits per heavy atom. The first kappa shape index (κ1) is 10.8. The van der Waals surface area contributed by atoms with Crippen LogP contribution in [0.1, 0.15) is 24.4 Å². The van der Waals surface area contributed by atoms with E-state index in [1.54, 1.807) is 0 Å². The van der Waals surface area contributed by atoms with Crippen LogP contribution in [-0.2, 0) is 0 Å². The van der Waals surface area contributed by atoms with Crippen LogP contribution >= 0.6 is 0 Å². The normalized spacial score (nSPS) is 18.9. The number of fused-ring (bicyclic) bond motifs is 1. The van der Waals surface area contributed by atoms with Crippen LogP contribution in [0.5, 0.6) is 0 Å². The van der Waals surface area contributed by atoms with E-state index in [-0.39, 0.29) is 0 Å². The van der Waals surface area contributed by atoms with E-state index >= 15 is 0 Å². The maximum atomic E-state index is 5.98. The molecule has 0 bridgehead atoms. The number of nitrogens with zero attached hydrogens (tertiary/aromatic N) is 1. The van der Waals surface area contributed by atoms with Crippen LogP contribution in [0.4, 0.5) is 0 Å². The molecule has 0 aliphatic carbocycles. The first-order valence-corrected chi connectivity index (χ1v) is 6.40. The quantitative estimate of drug-likeness (QED) is 0.848. The summed E-state index contributed by atoms with van der Waals surface area (Å²) >= 11 is 0. The molecule has 1 saturated heterocycles. The molecule has 1 aromatic heterocycles. The highest BCUT2D eigenvalue weighted by atomic mass is 15.2. The molecule has 3 N–H and O–H groups in total. The van der Waals surface area contributed by atoms with Crippen LogP contribution in [0.25, 0.3) is 10.9 Å². The topological polar surface area (TPSA) is 45.1 Å². The van der Waals surface area contributed by atoms with Crippen molar-refractivity contribution < 1.29 is 0 Å². The zero-order valence-corrected chi connectivity index (χ0v) is 10.0. The Balaban J connectivity index is 2.00. The molecule has 0 saturated carbocycles. The van der Waals surface area contributed by atoms with E-state index in [1.807, 2.05) is 0 Å². The fourth-order valence-corrected chi connectivity index (χ4v) is 2.90. The fourth-order valence-electron chi connectivity index (χ4n) is 2.90. The van der Waals surface area contributed by atoms with Crippen LogP contribution in [0, 0.1) is 0 Å². The van der Waals surface area contributed by atoms with Crippen molar-refractivity contribution in [2.45, 2.75) is 18.9 Å². The number of likely N-dealkylation sites (tertiary alicyclic amines) is 1. The summed E-state index contributed by atoms with van der Waals surface area (Å²) < 4.78 is 0. The minimum Gasteiger partial charge on any atom is -0.361 e. The van der Waals surface area contributed by atoms with Gasteiger partial charge in [-0.05, 0) is 37.6 Å². The minimum absolute atomic E-state index is 0.369. The van der Waals surface area contributed by atoms with Crippen LogP contribution in [0.3, 0.4) is 0 Å². The van der Waals surface area contributed by atoms with E-state index < -0.39 is 0 Å². The van der Waals surface area contributed by atoms with Crippen molar-refractivity contribution in [3.63, 3.8) is 0 Å². The maximum absolute atomic E-state index is 5.98. The number of para-hydroxylation sites is 1. The molecule has 0 unspecified atom stereocenters. The van der Waals surface area contributed by atoms with Gasteiger partial charge in [0.25, 0.3) is 0 Å². The standard InChI is InChI=1S/C14H19N3/c15-9-14(17-7-3-4-8-17)12-10-16-13-6-2-1-5-11(12)13/h1-2,5-6,10,14,16H,3-4,7-9,15H2/t14-/m1/s1. The van der Waals surface area contributed by atoms with Gasteiger partial charge >= 0.3 is 0 Å². The Morgan fingerprint density at radius 1 is 1.24 bits per heavy atom. The second kappa shape index (κ2) is 4.51. The highest BCUT2D eigenvalue weighted by molar-refractivity contribution is 5.83. The Kier molecular flexibility index (Phi) is 2.87. The lowest BCUT2D eigenvalue weighted by molar-refractivity contribution is 0.253. The lowest BCUT2D eigenvalue weighted by atomic mass is 10.0. The second-order valence-electron chi connectivity index (χ2n) is 4.78. The molecule has 1 atom stereocenters. The van der Waals surface area contributed by atoms with E-state index in [0.717, 1.165) is 0 Å². The van der Waals surface area contributed by atoms with E-state index in [2.05, 4.69) is 40.3 Å². The molecule has 1 aromatic carbocycles. The zero-order chi connectivity index (χ0) is 11.7. The van der Waals surface area contributed by atoms with Gasteiger partial charge in [-0.1, -0.05) is 18.2 Å². The number of hydrogen-bond donors (Lipinski definition) is 2. The van der Waals surface area contributed by atoms with Gasteiger partial charge in [-0.15, -0.1) is 0 Å². The van der Waals surface area contributed by atoms with Gasteiger partial charge in [-0.3, -0.25) is 4.90 Å². The summed E-state index contributed by atoms with van der Waals surface area (Å²) in [5, 5.41) is 1.31. The predicted molar refractivity (Wildman–Crippen MR) is 70.9 cm³/mol. The molecule has 3 rings (SSSR count). The van der Waals surface area contributed by atoms with Crippen LogP contribution < -0.4 is 5.73 Å². The first-order chi connectivity index (χ1) is 8.40. The Bertz CT molecular complexity index is 497. The number of hydrogen-bond acceptors (Lipinski definition) is 2. The lowest BCUT2D eigenvalue weighted by Gasteiger charge is -2.25. The minimum atomic E-state index is 0.369. The van der Waals surface area contributed by atoms with E-state index in [0.29, 0.717) is 12.6 Å². The number of nitrogens with one attached hydrogen (secondary N) is 1. The molecule has 3 heteroatoms. The number of aromatic nitrogens is 1. The van der Waals surface area contributed by atoms with Gasteiger partial charge in [0.15, 0.2) is 0 Å². The maximum Gasteiger partial charge on any atom is 0.0491 e. The fraction of sp³-hybridized carbons (Fsp3) is 0.429. The van der Waals surface area contributed by atoms with E-state index in [1.165, 1.54) is 42.4 Å². The van der Waals surface area contributed by atoms with Gasteiger partial charge < -0.3 is 10.7 Å². The average molecular weight is 229 g/mol. The SMILES string of the molecule is NC[C@H](c1c[nH]c2ccccc12)N1CCCC1. The molecule has 1 aliphatic rings. The van der Waals surface area contributed by atoms with Gasteiger partial charge in [-0.2, -0.15) is 0 Å². The summed E-state index contributed by atoms with van der Waals surface area (Å²) in [6.45, 7) is 3.06. The summed E-state index contributed by atoms with van der Waals surface area (Å²) in [4.78, 5) is 5.85. The summed E-state index contributed by atoms with van der Waals surface area (Å²) in [6.07, 6.45) is 4.73. The Labute approximate surface area is 102 Å². The highest BCUT2D eigenvalue weighted by Crippen LogP contribution is 2.29. The molecule has 0 spiro atoms. The number of benzene rings is 1. The lowest BCUT2D eigenvalue weighted by Crippen LogP contribution is -2.31. The molecule has 0 amide bonds. The van der Waals surface area contributed by atoms with Gasteiger partial charge in [0.1, 0.15) is 0 Å². The van der Waals surface area contributed by atoms with Crippen molar-refractivity contribution in [1.82, 2.24) is 9.88 Å². The Hall–Kier alpha value is -1.32. The number of nitrogens with two attached hydrogens (primary N) is 1. The highest BCUT2D eigenvalue weighted by Gasteiger charge is 2.24. The van der Waals surface area contributed by atoms with E-state index in [4.69, 9.17) is 5.73 Å². The van der Waals surface area contributed by atoms with E-state index in [9.17, 15) is 0 Å². The summed E-state index contributed by atoms with van der Waals surface area (Å²) in [7, 11) is 0. The largest absolute Gasteiger partial charge is 0.361 e. The molecule has 1 aliphatic heterocycles. The molecule has 1 fully saturated rings. The molecule has 90 valence electrons. The smallest absolute Gasteiger partial charge is 0.0491 e.